The molecule has 0 aromatic carbocycles. The van der Waals surface area contributed by atoms with Crippen LogP contribution in [0.1, 0.15) is 19.3 Å². The molecule has 1 atom stereocenters. The van der Waals surface area contributed by atoms with E-state index in [1.54, 1.807) is 11.3 Å². The smallest absolute Gasteiger partial charge is 0.191 e. The third-order valence-corrected chi connectivity index (χ3v) is 6.24. The monoisotopic (exact) mass is 458 g/mol. The van der Waals surface area contributed by atoms with Gasteiger partial charge in [-0.3, -0.25) is 4.99 Å². The standard InChI is InChI=1S/C13H22N4S3.HI/c1-14-12(17-11-4-2-7-18-10-11)15-5-3-8-19-13-16-6-9-20-13;/h6,9,11H,2-5,7-8,10H2,1H3,(H2,14,15,17);1H. The van der Waals surface area contributed by atoms with E-state index in [0.717, 1.165) is 29.0 Å². The molecule has 0 bridgehead atoms. The zero-order chi connectivity index (χ0) is 14.0. The van der Waals surface area contributed by atoms with Gasteiger partial charge in [-0.15, -0.1) is 35.3 Å². The van der Waals surface area contributed by atoms with Gasteiger partial charge < -0.3 is 10.6 Å². The Balaban J connectivity index is 0.00000220. The summed E-state index contributed by atoms with van der Waals surface area (Å²) in [7, 11) is 1.84. The van der Waals surface area contributed by atoms with Crippen LogP contribution < -0.4 is 10.6 Å². The minimum atomic E-state index is 0. The summed E-state index contributed by atoms with van der Waals surface area (Å²) in [6.45, 7) is 0.956. The fraction of sp³-hybridized carbons (Fsp3) is 0.692. The molecule has 0 saturated carbocycles. The van der Waals surface area contributed by atoms with Crippen molar-refractivity contribution in [3.05, 3.63) is 11.6 Å². The van der Waals surface area contributed by atoms with Crippen LogP contribution in [0.5, 0.6) is 0 Å². The number of halogens is 1. The first-order chi connectivity index (χ1) is 9.88. The van der Waals surface area contributed by atoms with Gasteiger partial charge in [0.1, 0.15) is 4.34 Å². The molecule has 1 saturated heterocycles. The quantitative estimate of drug-likeness (QED) is 0.225. The van der Waals surface area contributed by atoms with Gasteiger partial charge in [0.2, 0.25) is 0 Å². The average Bonchev–Trinajstić information content (AvgIpc) is 3.00. The first kappa shape index (κ1) is 19.4. The van der Waals surface area contributed by atoms with Crippen molar-refractivity contribution in [2.24, 2.45) is 4.99 Å². The Kier molecular flexibility index (Phi) is 10.9. The number of aromatic nitrogens is 1. The number of thioether (sulfide) groups is 2. The number of hydrogen-bond acceptors (Lipinski definition) is 5. The zero-order valence-corrected chi connectivity index (χ0v) is 17.0. The first-order valence-corrected chi connectivity index (χ1v) is 9.97. The van der Waals surface area contributed by atoms with E-state index in [1.807, 2.05) is 42.1 Å². The van der Waals surface area contributed by atoms with E-state index in [-0.39, 0.29) is 24.0 Å². The first-order valence-electron chi connectivity index (χ1n) is 6.95. The number of guanidine groups is 1. The lowest BCUT2D eigenvalue weighted by atomic mass is 10.2. The van der Waals surface area contributed by atoms with Crippen LogP contribution in [0.25, 0.3) is 0 Å². The normalized spacial score (nSPS) is 18.9. The Morgan fingerprint density at radius 2 is 2.48 bits per heavy atom. The summed E-state index contributed by atoms with van der Waals surface area (Å²) in [6.07, 6.45) is 5.54. The molecule has 4 nitrogen and oxygen atoms in total. The van der Waals surface area contributed by atoms with Gasteiger partial charge in [-0.2, -0.15) is 11.8 Å². The molecule has 1 aromatic heterocycles. The molecule has 1 fully saturated rings. The largest absolute Gasteiger partial charge is 0.356 e. The second-order valence-electron chi connectivity index (χ2n) is 4.56. The van der Waals surface area contributed by atoms with E-state index < -0.39 is 0 Å². The summed E-state index contributed by atoms with van der Waals surface area (Å²) in [5.74, 6) is 4.53. The minimum absolute atomic E-state index is 0. The van der Waals surface area contributed by atoms with Gasteiger partial charge in [0.25, 0.3) is 0 Å². The van der Waals surface area contributed by atoms with Crippen molar-refractivity contribution in [1.82, 2.24) is 15.6 Å². The Morgan fingerprint density at radius 3 is 3.14 bits per heavy atom. The molecule has 0 spiro atoms. The average molecular weight is 458 g/mol. The number of thiazole rings is 1. The van der Waals surface area contributed by atoms with Crippen LogP contribution in [0.2, 0.25) is 0 Å². The van der Waals surface area contributed by atoms with E-state index in [9.17, 15) is 0 Å². The van der Waals surface area contributed by atoms with Gasteiger partial charge in [0, 0.05) is 42.7 Å². The molecule has 1 aliphatic heterocycles. The molecule has 2 heterocycles. The molecule has 120 valence electrons. The second kappa shape index (κ2) is 11.8. The van der Waals surface area contributed by atoms with Gasteiger partial charge in [-0.1, -0.05) is 11.8 Å². The number of aliphatic imine (C=N–C) groups is 1. The molecular formula is C13H23IN4S3. The molecule has 0 radical (unpaired) electrons. The second-order valence-corrected chi connectivity index (χ2v) is 7.94. The van der Waals surface area contributed by atoms with Crippen molar-refractivity contribution in [1.29, 1.82) is 0 Å². The van der Waals surface area contributed by atoms with E-state index in [4.69, 9.17) is 0 Å². The molecule has 21 heavy (non-hydrogen) atoms. The third-order valence-electron chi connectivity index (χ3n) is 2.97. The number of nitrogens with one attached hydrogen (secondary N) is 2. The van der Waals surface area contributed by atoms with Gasteiger partial charge in [-0.05, 0) is 25.0 Å². The fourth-order valence-electron chi connectivity index (χ4n) is 1.96. The van der Waals surface area contributed by atoms with Crippen LogP contribution in [0.15, 0.2) is 20.9 Å². The molecule has 1 unspecified atom stereocenters. The van der Waals surface area contributed by atoms with Crippen LogP contribution in [-0.4, -0.2) is 47.8 Å². The summed E-state index contributed by atoms with van der Waals surface area (Å²) >= 11 is 5.57. The van der Waals surface area contributed by atoms with Crippen molar-refractivity contribution < 1.29 is 0 Å². The SMILES string of the molecule is CN=C(NCCCSc1nccs1)NC1CCCSC1.I. The predicted octanol–water partition coefficient (Wildman–Crippen LogP) is 3.30. The topological polar surface area (TPSA) is 49.3 Å². The van der Waals surface area contributed by atoms with Crippen molar-refractivity contribution in [3.8, 4) is 0 Å². The fourth-order valence-corrected chi connectivity index (χ4v) is 4.68. The Bertz CT molecular complexity index is 394. The van der Waals surface area contributed by atoms with Crippen molar-refractivity contribution in [2.75, 3.05) is 30.9 Å². The highest BCUT2D eigenvalue weighted by molar-refractivity contribution is 14.0. The van der Waals surface area contributed by atoms with E-state index in [2.05, 4.69) is 20.6 Å². The number of nitrogens with zero attached hydrogens (tertiary/aromatic N) is 2. The van der Waals surface area contributed by atoms with Gasteiger partial charge in [0.15, 0.2) is 5.96 Å². The maximum absolute atomic E-state index is 4.30. The van der Waals surface area contributed by atoms with Crippen LogP contribution >= 0.6 is 58.8 Å². The van der Waals surface area contributed by atoms with E-state index >= 15 is 0 Å². The lowest BCUT2D eigenvalue weighted by Crippen LogP contribution is -2.45. The maximum atomic E-state index is 4.30. The lowest BCUT2D eigenvalue weighted by Gasteiger charge is -2.24. The Hall–Kier alpha value is 0.330. The maximum Gasteiger partial charge on any atom is 0.191 e. The van der Waals surface area contributed by atoms with Crippen LogP contribution in [0.3, 0.4) is 0 Å². The van der Waals surface area contributed by atoms with Gasteiger partial charge in [0.05, 0.1) is 0 Å². The summed E-state index contributed by atoms with van der Waals surface area (Å²) < 4.78 is 1.16. The lowest BCUT2D eigenvalue weighted by molar-refractivity contribution is 0.582. The number of hydrogen-bond donors (Lipinski definition) is 2. The zero-order valence-electron chi connectivity index (χ0n) is 12.2. The molecule has 0 amide bonds. The highest BCUT2D eigenvalue weighted by Gasteiger charge is 2.14. The Labute approximate surface area is 156 Å². The highest BCUT2D eigenvalue weighted by Crippen LogP contribution is 2.20. The molecule has 2 N–H and O–H groups in total. The third kappa shape index (κ3) is 7.94. The molecule has 1 aromatic rings. The summed E-state index contributed by atoms with van der Waals surface area (Å²) in [6, 6.07) is 0.574. The van der Waals surface area contributed by atoms with Gasteiger partial charge in [-0.25, -0.2) is 4.98 Å². The van der Waals surface area contributed by atoms with E-state index in [1.165, 1.54) is 24.3 Å². The molecule has 2 rings (SSSR count). The van der Waals surface area contributed by atoms with Crippen molar-refractivity contribution >= 4 is 64.8 Å². The Morgan fingerprint density at radius 1 is 1.57 bits per heavy atom. The molecule has 1 aliphatic rings. The van der Waals surface area contributed by atoms with Crippen LogP contribution in [0.4, 0.5) is 0 Å². The minimum Gasteiger partial charge on any atom is -0.356 e. The summed E-state index contributed by atoms with van der Waals surface area (Å²) in [4.78, 5) is 8.56. The molecule has 8 heteroatoms. The molecular weight excluding hydrogens is 435 g/mol. The summed E-state index contributed by atoms with van der Waals surface area (Å²) in [5.41, 5.74) is 0. The number of rotatable bonds is 6. The predicted molar refractivity (Wildman–Crippen MR) is 108 cm³/mol. The van der Waals surface area contributed by atoms with Crippen LogP contribution in [-0.2, 0) is 0 Å². The van der Waals surface area contributed by atoms with Gasteiger partial charge >= 0.3 is 0 Å². The van der Waals surface area contributed by atoms with Crippen LogP contribution in [0, 0.1) is 0 Å². The van der Waals surface area contributed by atoms with Crippen molar-refractivity contribution in [3.63, 3.8) is 0 Å². The van der Waals surface area contributed by atoms with Crippen molar-refractivity contribution in [2.45, 2.75) is 29.6 Å². The molecule has 0 aliphatic carbocycles. The summed E-state index contributed by atoms with van der Waals surface area (Å²) in [5, 5.41) is 8.93. The highest BCUT2D eigenvalue weighted by atomic mass is 127. The van der Waals surface area contributed by atoms with E-state index in [0.29, 0.717) is 6.04 Å².